The molecule has 4 nitrogen and oxygen atoms in total. The first kappa shape index (κ1) is 16.9. The number of para-hydroxylation sites is 1. The molecule has 2 aromatic carbocycles. The summed E-state index contributed by atoms with van der Waals surface area (Å²) in [6.07, 6.45) is 0.811. The summed E-state index contributed by atoms with van der Waals surface area (Å²) in [5.74, 6) is 0.121. The maximum atomic E-state index is 12.1. The van der Waals surface area contributed by atoms with E-state index in [9.17, 15) is 9.90 Å². The quantitative estimate of drug-likeness (QED) is 0.682. The summed E-state index contributed by atoms with van der Waals surface area (Å²) in [4.78, 5) is 12.1. The van der Waals surface area contributed by atoms with Crippen molar-refractivity contribution in [1.29, 1.82) is 0 Å². The van der Waals surface area contributed by atoms with E-state index in [4.69, 9.17) is 0 Å². The number of benzene rings is 2. The van der Waals surface area contributed by atoms with E-state index in [1.807, 2.05) is 50.2 Å². The molecule has 0 aromatic heterocycles. The average Bonchev–Trinajstić information content (AvgIpc) is 2.55. The van der Waals surface area contributed by atoms with Crippen LogP contribution in [0.4, 0.5) is 5.69 Å². The van der Waals surface area contributed by atoms with Crippen molar-refractivity contribution in [2.75, 3.05) is 18.4 Å². The molecule has 0 aliphatic rings. The highest BCUT2D eigenvalue weighted by molar-refractivity contribution is 5.96. The van der Waals surface area contributed by atoms with Crippen LogP contribution in [0.25, 0.3) is 0 Å². The predicted molar refractivity (Wildman–Crippen MR) is 94.1 cm³/mol. The average molecular weight is 312 g/mol. The molecule has 2 rings (SSSR count). The normalized spacial score (nSPS) is 10.6. The highest BCUT2D eigenvalue weighted by Gasteiger charge is 2.12. The fourth-order valence-corrected chi connectivity index (χ4v) is 2.27. The Labute approximate surface area is 137 Å². The fourth-order valence-electron chi connectivity index (χ4n) is 2.27. The third-order valence-electron chi connectivity index (χ3n) is 3.68. The van der Waals surface area contributed by atoms with Crippen molar-refractivity contribution >= 4 is 11.6 Å². The second-order valence-corrected chi connectivity index (χ2v) is 5.83. The van der Waals surface area contributed by atoms with Crippen molar-refractivity contribution in [3.63, 3.8) is 0 Å². The Morgan fingerprint density at radius 2 is 1.83 bits per heavy atom. The van der Waals surface area contributed by atoms with Crippen LogP contribution in [-0.2, 0) is 0 Å². The summed E-state index contributed by atoms with van der Waals surface area (Å²) >= 11 is 0. The van der Waals surface area contributed by atoms with Crippen molar-refractivity contribution in [2.24, 2.45) is 0 Å². The number of phenolic OH excluding ortho intramolecular Hbond substituents is 1. The van der Waals surface area contributed by atoms with Gasteiger partial charge in [-0.1, -0.05) is 38.1 Å². The van der Waals surface area contributed by atoms with Crippen LogP contribution in [-0.4, -0.2) is 24.1 Å². The highest BCUT2D eigenvalue weighted by atomic mass is 16.3. The molecule has 4 heteroatoms. The molecule has 0 spiro atoms. The first-order valence-electron chi connectivity index (χ1n) is 7.98. The number of carbonyl (C=O) groups is 1. The summed E-state index contributed by atoms with van der Waals surface area (Å²) in [5.41, 5.74) is 2.41. The third kappa shape index (κ3) is 5.02. The maximum Gasteiger partial charge on any atom is 0.255 e. The first-order chi connectivity index (χ1) is 11.1. The van der Waals surface area contributed by atoms with Crippen LogP contribution in [0.2, 0.25) is 0 Å². The fraction of sp³-hybridized carbons (Fsp3) is 0.316. The van der Waals surface area contributed by atoms with Crippen LogP contribution in [0.5, 0.6) is 5.75 Å². The maximum absolute atomic E-state index is 12.1. The molecule has 0 atom stereocenters. The van der Waals surface area contributed by atoms with E-state index in [0.717, 1.165) is 24.2 Å². The Kier molecular flexibility index (Phi) is 6.03. The zero-order valence-electron chi connectivity index (χ0n) is 13.7. The Hall–Kier alpha value is -2.49. The summed E-state index contributed by atoms with van der Waals surface area (Å²) in [6.45, 7) is 5.44. The second-order valence-electron chi connectivity index (χ2n) is 5.83. The molecule has 23 heavy (non-hydrogen) atoms. The van der Waals surface area contributed by atoms with Gasteiger partial charge in [-0.3, -0.25) is 4.79 Å². The largest absolute Gasteiger partial charge is 0.507 e. The zero-order valence-corrected chi connectivity index (χ0v) is 13.7. The van der Waals surface area contributed by atoms with Crippen molar-refractivity contribution in [3.8, 4) is 5.75 Å². The number of amides is 1. The molecule has 0 saturated heterocycles. The van der Waals surface area contributed by atoms with E-state index in [-0.39, 0.29) is 11.7 Å². The van der Waals surface area contributed by atoms with Crippen LogP contribution < -0.4 is 10.6 Å². The van der Waals surface area contributed by atoms with E-state index in [1.165, 1.54) is 0 Å². The molecule has 0 aliphatic carbocycles. The molecule has 0 heterocycles. The van der Waals surface area contributed by atoms with Crippen molar-refractivity contribution in [1.82, 2.24) is 5.32 Å². The van der Waals surface area contributed by atoms with Crippen molar-refractivity contribution < 1.29 is 9.90 Å². The number of anilines is 1. The van der Waals surface area contributed by atoms with Gasteiger partial charge in [-0.15, -0.1) is 0 Å². The standard InChI is InChI=1S/C19H24N2O2/c1-14(2)15-9-10-17(18(22)13-15)19(23)21-12-6-11-20-16-7-4-3-5-8-16/h3-5,7-10,13-14,20,22H,6,11-12H2,1-2H3,(H,21,23). The van der Waals surface area contributed by atoms with Crippen LogP contribution >= 0.6 is 0 Å². The Morgan fingerprint density at radius 3 is 2.48 bits per heavy atom. The Morgan fingerprint density at radius 1 is 1.09 bits per heavy atom. The number of carbonyl (C=O) groups excluding carboxylic acids is 1. The summed E-state index contributed by atoms with van der Waals surface area (Å²) in [7, 11) is 0. The topological polar surface area (TPSA) is 61.4 Å². The van der Waals surface area contributed by atoms with Gasteiger partial charge >= 0.3 is 0 Å². The van der Waals surface area contributed by atoms with Crippen LogP contribution in [0.15, 0.2) is 48.5 Å². The molecule has 122 valence electrons. The molecule has 0 unspecified atom stereocenters. The Balaban J connectivity index is 1.76. The molecule has 0 fully saturated rings. The van der Waals surface area contributed by atoms with Gasteiger partial charge in [0.25, 0.3) is 5.91 Å². The van der Waals surface area contributed by atoms with E-state index in [1.54, 1.807) is 12.1 Å². The number of phenols is 1. The molecular formula is C19H24N2O2. The molecule has 3 N–H and O–H groups in total. The predicted octanol–water partition coefficient (Wildman–Crippen LogP) is 3.75. The first-order valence-corrected chi connectivity index (χ1v) is 7.98. The lowest BCUT2D eigenvalue weighted by Gasteiger charge is -2.11. The van der Waals surface area contributed by atoms with Crippen LogP contribution in [0, 0.1) is 0 Å². The van der Waals surface area contributed by atoms with Gasteiger partial charge in [-0.25, -0.2) is 0 Å². The van der Waals surface area contributed by atoms with Gasteiger partial charge in [-0.2, -0.15) is 0 Å². The molecule has 2 aromatic rings. The minimum Gasteiger partial charge on any atom is -0.507 e. The second kappa shape index (κ2) is 8.22. The Bertz CT molecular complexity index is 639. The monoisotopic (exact) mass is 312 g/mol. The van der Waals surface area contributed by atoms with Gasteiger partial charge in [-0.05, 0) is 42.2 Å². The number of aromatic hydroxyl groups is 1. The van der Waals surface area contributed by atoms with Gasteiger partial charge in [0.05, 0.1) is 5.56 Å². The molecular weight excluding hydrogens is 288 g/mol. The van der Waals surface area contributed by atoms with E-state index in [0.29, 0.717) is 18.0 Å². The minimum atomic E-state index is -0.238. The lowest BCUT2D eigenvalue weighted by Crippen LogP contribution is -2.26. The molecule has 0 aliphatic heterocycles. The molecule has 0 saturated carbocycles. The van der Waals surface area contributed by atoms with Crippen molar-refractivity contribution in [2.45, 2.75) is 26.2 Å². The minimum absolute atomic E-state index is 0.0381. The van der Waals surface area contributed by atoms with Gasteiger partial charge in [0.15, 0.2) is 0 Å². The summed E-state index contributed by atoms with van der Waals surface area (Å²) in [6, 6.07) is 15.2. The SMILES string of the molecule is CC(C)c1ccc(C(=O)NCCCNc2ccccc2)c(O)c1. The van der Waals surface area contributed by atoms with Gasteiger partial charge in [0.2, 0.25) is 0 Å². The zero-order chi connectivity index (χ0) is 16.7. The van der Waals surface area contributed by atoms with E-state index < -0.39 is 0 Å². The molecule has 0 bridgehead atoms. The smallest absolute Gasteiger partial charge is 0.255 e. The highest BCUT2D eigenvalue weighted by Crippen LogP contribution is 2.23. The summed E-state index contributed by atoms with van der Waals surface area (Å²) < 4.78 is 0. The van der Waals surface area contributed by atoms with Crippen LogP contribution in [0.1, 0.15) is 42.1 Å². The summed E-state index contributed by atoms with van der Waals surface area (Å²) in [5, 5.41) is 16.1. The number of rotatable bonds is 7. The lowest BCUT2D eigenvalue weighted by atomic mass is 10.0. The van der Waals surface area contributed by atoms with Gasteiger partial charge < -0.3 is 15.7 Å². The third-order valence-corrected chi connectivity index (χ3v) is 3.68. The molecule has 0 radical (unpaired) electrons. The van der Waals surface area contributed by atoms with Crippen LogP contribution in [0.3, 0.4) is 0 Å². The lowest BCUT2D eigenvalue weighted by molar-refractivity contribution is 0.0951. The number of nitrogens with one attached hydrogen (secondary N) is 2. The van der Waals surface area contributed by atoms with Gasteiger partial charge in [0.1, 0.15) is 5.75 Å². The van der Waals surface area contributed by atoms with E-state index in [2.05, 4.69) is 10.6 Å². The van der Waals surface area contributed by atoms with Crippen molar-refractivity contribution in [3.05, 3.63) is 59.7 Å². The van der Waals surface area contributed by atoms with Gasteiger partial charge in [0, 0.05) is 18.8 Å². The number of hydrogen-bond acceptors (Lipinski definition) is 3. The molecule has 1 amide bonds. The number of hydrogen-bond donors (Lipinski definition) is 3. The van der Waals surface area contributed by atoms with E-state index >= 15 is 0 Å².